The fourth-order valence-corrected chi connectivity index (χ4v) is 5.02. The second-order valence-electron chi connectivity index (χ2n) is 10.1. The predicted molar refractivity (Wildman–Crippen MR) is 132 cm³/mol. The summed E-state index contributed by atoms with van der Waals surface area (Å²) in [6.45, 7) is 18.0. The normalized spacial score (nSPS) is 15.6. The molecule has 0 radical (unpaired) electrons. The molecule has 0 saturated heterocycles. The highest BCUT2D eigenvalue weighted by Crippen LogP contribution is 2.41. The van der Waals surface area contributed by atoms with Gasteiger partial charge in [0.15, 0.2) is 0 Å². The van der Waals surface area contributed by atoms with Crippen LogP contribution < -0.4 is 0 Å². The Morgan fingerprint density at radius 2 is 1.67 bits per heavy atom. The molecule has 2 aliphatic carbocycles. The van der Waals surface area contributed by atoms with Crippen molar-refractivity contribution in [1.29, 1.82) is 0 Å². The fourth-order valence-electron chi connectivity index (χ4n) is 5.02. The monoisotopic (exact) mass is 394 g/mol. The Hall–Kier alpha value is -2.60. The van der Waals surface area contributed by atoms with Crippen LogP contribution in [-0.2, 0) is 11.8 Å². The van der Waals surface area contributed by atoms with Gasteiger partial charge in [0, 0.05) is 0 Å². The van der Waals surface area contributed by atoms with Crippen LogP contribution in [0.4, 0.5) is 0 Å². The van der Waals surface area contributed by atoms with Crippen molar-refractivity contribution in [3.63, 3.8) is 0 Å². The Morgan fingerprint density at radius 1 is 0.967 bits per heavy atom. The second-order valence-corrected chi connectivity index (χ2v) is 10.1. The van der Waals surface area contributed by atoms with E-state index >= 15 is 0 Å². The molecule has 2 aliphatic rings. The largest absolute Gasteiger partial charge is 0.0949 e. The highest BCUT2D eigenvalue weighted by atomic mass is 14.3. The average molecular weight is 395 g/mol. The van der Waals surface area contributed by atoms with Crippen molar-refractivity contribution >= 4 is 11.6 Å². The molecule has 154 valence electrons. The van der Waals surface area contributed by atoms with Crippen molar-refractivity contribution < 1.29 is 0 Å². The molecular weight excluding hydrogens is 360 g/mol. The van der Waals surface area contributed by atoms with E-state index in [2.05, 4.69) is 96.7 Å². The molecule has 30 heavy (non-hydrogen) atoms. The van der Waals surface area contributed by atoms with E-state index in [-0.39, 0.29) is 5.41 Å². The molecule has 0 aromatic heterocycles. The molecular formula is C30H34. The second kappa shape index (κ2) is 7.58. The van der Waals surface area contributed by atoms with Gasteiger partial charge in [0.05, 0.1) is 0 Å². The molecule has 0 heteroatoms. The van der Waals surface area contributed by atoms with Crippen molar-refractivity contribution in [2.45, 2.75) is 66.2 Å². The lowest BCUT2D eigenvalue weighted by molar-refractivity contribution is 0.589. The molecule has 2 aromatic carbocycles. The summed E-state index contributed by atoms with van der Waals surface area (Å²) < 4.78 is 0. The highest BCUT2D eigenvalue weighted by molar-refractivity contribution is 5.77. The van der Waals surface area contributed by atoms with Crippen LogP contribution in [0.25, 0.3) is 11.6 Å². The van der Waals surface area contributed by atoms with E-state index < -0.39 is 0 Å². The van der Waals surface area contributed by atoms with Crippen LogP contribution in [0.1, 0.15) is 72.6 Å². The van der Waals surface area contributed by atoms with Gasteiger partial charge in [0.25, 0.3) is 0 Å². The molecule has 0 spiro atoms. The van der Waals surface area contributed by atoms with Gasteiger partial charge in [-0.25, -0.2) is 0 Å². The Kier molecular flexibility index (Phi) is 5.22. The third-order valence-corrected chi connectivity index (χ3v) is 6.65. The molecule has 0 bridgehead atoms. The Bertz CT molecular complexity index is 1100. The van der Waals surface area contributed by atoms with Crippen molar-refractivity contribution in [3.05, 3.63) is 105 Å². The molecule has 0 nitrogen and oxygen atoms in total. The summed E-state index contributed by atoms with van der Waals surface area (Å²) in [4.78, 5) is 0. The van der Waals surface area contributed by atoms with E-state index in [0.717, 1.165) is 19.3 Å². The highest BCUT2D eigenvalue weighted by Gasteiger charge is 2.24. The Balaban J connectivity index is 1.58. The minimum absolute atomic E-state index is 0.184. The van der Waals surface area contributed by atoms with Crippen LogP contribution in [-0.4, -0.2) is 0 Å². The minimum atomic E-state index is 0.184. The number of benzene rings is 2. The molecule has 2 aromatic rings. The molecule has 0 unspecified atom stereocenters. The van der Waals surface area contributed by atoms with Crippen LogP contribution in [0.5, 0.6) is 0 Å². The average Bonchev–Trinajstić information content (AvgIpc) is 3.27. The lowest BCUT2D eigenvalue weighted by Crippen LogP contribution is -2.12. The molecule has 0 N–H and O–H groups in total. The minimum Gasteiger partial charge on any atom is -0.0949 e. The third-order valence-electron chi connectivity index (χ3n) is 6.65. The van der Waals surface area contributed by atoms with Crippen LogP contribution in [0.2, 0.25) is 0 Å². The summed E-state index contributed by atoms with van der Waals surface area (Å²) in [7, 11) is 0. The topological polar surface area (TPSA) is 0 Å². The van der Waals surface area contributed by atoms with Crippen LogP contribution in [0.3, 0.4) is 0 Å². The van der Waals surface area contributed by atoms with Crippen molar-refractivity contribution in [1.82, 2.24) is 0 Å². The summed E-state index contributed by atoms with van der Waals surface area (Å²) in [5.74, 6) is 0. The van der Waals surface area contributed by atoms with Gasteiger partial charge in [0.2, 0.25) is 0 Å². The predicted octanol–water partition coefficient (Wildman–Crippen LogP) is 8.21. The number of aryl methyl sites for hydroxylation is 3. The maximum absolute atomic E-state index is 4.48. The van der Waals surface area contributed by atoms with Gasteiger partial charge >= 0.3 is 0 Å². The van der Waals surface area contributed by atoms with Gasteiger partial charge in [-0.1, -0.05) is 75.9 Å². The van der Waals surface area contributed by atoms with Gasteiger partial charge in [-0.15, -0.1) is 0 Å². The lowest BCUT2D eigenvalue weighted by Gasteiger charge is -2.21. The summed E-state index contributed by atoms with van der Waals surface area (Å²) in [6, 6.07) is 11.3. The van der Waals surface area contributed by atoms with Gasteiger partial charge in [0.1, 0.15) is 0 Å². The van der Waals surface area contributed by atoms with Gasteiger partial charge in [-0.3, -0.25) is 0 Å². The summed E-state index contributed by atoms with van der Waals surface area (Å²) in [5.41, 5.74) is 15.5. The van der Waals surface area contributed by atoms with Crippen LogP contribution in [0.15, 0.2) is 65.8 Å². The number of allylic oxidation sites excluding steroid dienone is 6. The maximum Gasteiger partial charge on any atom is -0.00135 e. The Morgan fingerprint density at radius 3 is 2.33 bits per heavy atom. The molecule has 0 atom stereocenters. The number of hydrogen-bond acceptors (Lipinski definition) is 0. The molecule has 0 heterocycles. The third kappa shape index (κ3) is 3.76. The van der Waals surface area contributed by atoms with E-state index in [4.69, 9.17) is 0 Å². The summed E-state index contributed by atoms with van der Waals surface area (Å²) in [5, 5.41) is 0. The standard InChI is InChI=1S/C30H34/c1-19-10-8-11-20(2)29(19)22(4)14-23-12-9-13-27(23)25-16-24-17-26(30(5,6)7)15-21(3)28(24)18-25/h8,10-13,15,17-18H,4,9,14,16H2,1-3,5-7H3. The zero-order valence-corrected chi connectivity index (χ0v) is 19.4. The SMILES string of the molecule is C=C(CC1=CCC=C1C1=Cc2c(C)cc(C(C)(C)C)cc2C1)c1c(C)cccc1C. The summed E-state index contributed by atoms with van der Waals surface area (Å²) >= 11 is 0. The van der Waals surface area contributed by atoms with E-state index in [1.807, 2.05) is 0 Å². The van der Waals surface area contributed by atoms with Crippen LogP contribution >= 0.6 is 0 Å². The molecule has 0 saturated carbocycles. The van der Waals surface area contributed by atoms with Crippen LogP contribution in [0, 0.1) is 20.8 Å². The number of rotatable bonds is 4. The van der Waals surface area contributed by atoms with Gasteiger partial charge < -0.3 is 0 Å². The smallest absolute Gasteiger partial charge is 0.00135 e. The van der Waals surface area contributed by atoms with E-state index in [9.17, 15) is 0 Å². The lowest BCUT2D eigenvalue weighted by atomic mass is 9.84. The number of hydrogen-bond donors (Lipinski definition) is 0. The molecule has 4 rings (SSSR count). The summed E-state index contributed by atoms with van der Waals surface area (Å²) in [6.07, 6.45) is 10.2. The first-order valence-electron chi connectivity index (χ1n) is 11.1. The molecule has 0 aliphatic heterocycles. The van der Waals surface area contributed by atoms with Crippen molar-refractivity contribution in [2.24, 2.45) is 0 Å². The quantitative estimate of drug-likeness (QED) is 0.490. The first-order valence-corrected chi connectivity index (χ1v) is 11.1. The van der Waals surface area contributed by atoms with E-state index in [1.165, 1.54) is 61.2 Å². The molecule has 0 amide bonds. The Labute approximate surface area is 182 Å². The number of fused-ring (bicyclic) bond motifs is 1. The zero-order valence-electron chi connectivity index (χ0n) is 19.4. The zero-order chi connectivity index (χ0) is 21.6. The fraction of sp³-hybridized carbons (Fsp3) is 0.333. The van der Waals surface area contributed by atoms with E-state index in [1.54, 1.807) is 0 Å². The molecule has 0 fully saturated rings. The van der Waals surface area contributed by atoms with Crippen molar-refractivity contribution in [3.8, 4) is 0 Å². The van der Waals surface area contributed by atoms with E-state index in [0.29, 0.717) is 0 Å². The van der Waals surface area contributed by atoms with Crippen molar-refractivity contribution in [2.75, 3.05) is 0 Å². The first kappa shape index (κ1) is 20.7. The van der Waals surface area contributed by atoms with Gasteiger partial charge in [-0.05, 0) is 107 Å². The maximum atomic E-state index is 4.48. The first-order chi connectivity index (χ1) is 14.1. The van der Waals surface area contributed by atoms with Gasteiger partial charge in [-0.2, -0.15) is 0 Å².